The lowest BCUT2D eigenvalue weighted by molar-refractivity contribution is -0.137. The van der Waals surface area contributed by atoms with Gasteiger partial charge >= 0.3 is 6.18 Å². The van der Waals surface area contributed by atoms with Gasteiger partial charge in [-0.25, -0.2) is 4.98 Å². The second-order valence-electron chi connectivity index (χ2n) is 4.71. The summed E-state index contributed by atoms with van der Waals surface area (Å²) in [6.07, 6.45) is -3.62. The summed E-state index contributed by atoms with van der Waals surface area (Å²) in [5, 5.41) is 14.7. The summed E-state index contributed by atoms with van der Waals surface area (Å²) in [5.74, 6) is -0.401. The molecule has 130 valence electrons. The summed E-state index contributed by atoms with van der Waals surface area (Å²) >= 11 is 11.7. The predicted molar refractivity (Wildman–Crippen MR) is 87.0 cm³/mol. The van der Waals surface area contributed by atoms with Crippen molar-refractivity contribution in [1.29, 1.82) is 0 Å². The van der Waals surface area contributed by atoms with E-state index in [1.54, 1.807) is 6.07 Å². The second kappa shape index (κ2) is 7.87. The zero-order valence-corrected chi connectivity index (χ0v) is 13.7. The molecule has 0 aliphatic carbocycles. The van der Waals surface area contributed by atoms with Crippen LogP contribution >= 0.6 is 23.2 Å². The molecule has 0 aliphatic heterocycles. The molecule has 5 nitrogen and oxygen atoms in total. The van der Waals surface area contributed by atoms with Crippen molar-refractivity contribution >= 4 is 40.7 Å². The van der Waals surface area contributed by atoms with Crippen molar-refractivity contribution in [3.63, 3.8) is 0 Å². The van der Waals surface area contributed by atoms with Crippen LogP contribution in [0.5, 0.6) is 0 Å². The quantitative estimate of drug-likeness (QED) is 0.650. The molecule has 0 aliphatic rings. The van der Waals surface area contributed by atoms with Crippen LogP contribution in [-0.2, 0) is 6.18 Å². The number of benzene rings is 1. The second-order valence-corrected chi connectivity index (χ2v) is 5.53. The lowest BCUT2D eigenvalue weighted by Gasteiger charge is -2.14. The monoisotopic (exact) mass is 380 g/mol. The summed E-state index contributed by atoms with van der Waals surface area (Å²) in [6.45, 7) is -0.00335. The molecule has 0 radical (unpaired) electrons. The number of hydrogen-bond donors (Lipinski definition) is 3. The van der Waals surface area contributed by atoms with E-state index in [1.165, 1.54) is 12.1 Å². The minimum Gasteiger partial charge on any atom is -0.396 e. The number of aliphatic hydroxyl groups excluding tert-OH is 1. The van der Waals surface area contributed by atoms with E-state index in [0.29, 0.717) is 16.9 Å². The van der Waals surface area contributed by atoms with Crippen molar-refractivity contribution in [2.24, 2.45) is 0 Å². The molecule has 0 bridgehead atoms. The van der Waals surface area contributed by atoms with Crippen molar-refractivity contribution in [3.8, 4) is 0 Å². The van der Waals surface area contributed by atoms with Crippen molar-refractivity contribution in [2.45, 2.75) is 12.6 Å². The van der Waals surface area contributed by atoms with Gasteiger partial charge in [-0.15, -0.1) is 0 Å². The van der Waals surface area contributed by atoms with E-state index < -0.39 is 11.7 Å². The maximum atomic E-state index is 13.0. The minimum absolute atomic E-state index is 0.0344. The van der Waals surface area contributed by atoms with E-state index in [9.17, 15) is 13.2 Å². The Kier molecular flexibility index (Phi) is 6.09. The fourth-order valence-electron chi connectivity index (χ4n) is 1.77. The summed E-state index contributed by atoms with van der Waals surface area (Å²) in [7, 11) is 0. The van der Waals surface area contributed by atoms with Crippen molar-refractivity contribution < 1.29 is 18.3 Å². The maximum absolute atomic E-state index is 13.0. The topological polar surface area (TPSA) is 70.1 Å². The zero-order chi connectivity index (χ0) is 17.7. The smallest absolute Gasteiger partial charge is 0.396 e. The molecule has 2 aromatic rings. The first-order valence-corrected chi connectivity index (χ1v) is 7.58. The van der Waals surface area contributed by atoms with E-state index in [4.69, 9.17) is 28.3 Å². The molecule has 0 spiro atoms. The number of nitrogens with zero attached hydrogens (tertiary/aromatic N) is 2. The lowest BCUT2D eigenvalue weighted by atomic mass is 10.3. The summed E-state index contributed by atoms with van der Waals surface area (Å²) in [5.41, 5.74) is -0.509. The Bertz CT molecular complexity index is 713. The lowest BCUT2D eigenvalue weighted by Crippen LogP contribution is -2.15. The first-order valence-electron chi connectivity index (χ1n) is 6.82. The number of rotatable bonds is 6. The molecule has 1 aromatic carbocycles. The molecule has 0 amide bonds. The summed E-state index contributed by atoms with van der Waals surface area (Å²) in [4.78, 5) is 7.52. The third kappa shape index (κ3) is 4.86. The van der Waals surface area contributed by atoms with Crippen molar-refractivity contribution in [1.82, 2.24) is 9.97 Å². The standard InChI is InChI=1S/C14H13Cl2F3N4O/c15-10-3-2-8(6-11(10)16)22-13-21-7-9(14(17,18)19)12(23-13)20-4-1-5-24/h2-3,6-7,24H,1,4-5H2,(H2,20,21,22,23). The van der Waals surface area contributed by atoms with Crippen molar-refractivity contribution in [3.05, 3.63) is 40.0 Å². The Balaban J connectivity index is 2.27. The minimum atomic E-state index is -4.59. The molecule has 24 heavy (non-hydrogen) atoms. The van der Waals surface area contributed by atoms with Gasteiger partial charge in [-0.1, -0.05) is 23.2 Å². The third-order valence-corrected chi connectivity index (χ3v) is 3.64. The highest BCUT2D eigenvalue weighted by atomic mass is 35.5. The van der Waals surface area contributed by atoms with Crippen LogP contribution in [0, 0.1) is 0 Å². The third-order valence-electron chi connectivity index (χ3n) is 2.90. The fourth-order valence-corrected chi connectivity index (χ4v) is 2.07. The van der Waals surface area contributed by atoms with Crippen LogP contribution < -0.4 is 10.6 Å². The normalized spacial score (nSPS) is 11.4. The zero-order valence-electron chi connectivity index (χ0n) is 12.2. The highest BCUT2D eigenvalue weighted by Gasteiger charge is 2.35. The number of halogens is 5. The summed E-state index contributed by atoms with van der Waals surface area (Å²) in [6, 6.07) is 4.63. The van der Waals surface area contributed by atoms with E-state index in [1.807, 2.05) is 0 Å². The van der Waals surface area contributed by atoms with Gasteiger partial charge in [0, 0.05) is 25.0 Å². The van der Waals surface area contributed by atoms with Crippen LogP contribution in [-0.4, -0.2) is 28.2 Å². The Hall–Kier alpha value is -1.77. The Labute approximate surface area is 145 Å². The van der Waals surface area contributed by atoms with Gasteiger partial charge in [-0.05, 0) is 24.6 Å². The Morgan fingerprint density at radius 2 is 1.92 bits per heavy atom. The molecule has 10 heteroatoms. The van der Waals surface area contributed by atoms with Crippen LogP contribution in [0.2, 0.25) is 10.0 Å². The number of alkyl halides is 3. The molecule has 0 fully saturated rings. The fraction of sp³-hybridized carbons (Fsp3) is 0.286. The van der Waals surface area contributed by atoms with Gasteiger partial charge in [-0.2, -0.15) is 18.2 Å². The summed E-state index contributed by atoms with van der Waals surface area (Å²) < 4.78 is 39.0. The van der Waals surface area contributed by atoms with Crippen LogP contribution in [0.1, 0.15) is 12.0 Å². The van der Waals surface area contributed by atoms with Gasteiger partial charge in [0.1, 0.15) is 11.4 Å². The number of aliphatic hydroxyl groups is 1. The van der Waals surface area contributed by atoms with Gasteiger partial charge in [-0.3, -0.25) is 0 Å². The van der Waals surface area contributed by atoms with E-state index in [-0.39, 0.29) is 36.4 Å². The van der Waals surface area contributed by atoms with Crippen LogP contribution in [0.15, 0.2) is 24.4 Å². The average Bonchev–Trinajstić information content (AvgIpc) is 2.50. The molecule has 3 N–H and O–H groups in total. The maximum Gasteiger partial charge on any atom is 0.421 e. The molecular formula is C14H13Cl2F3N4O. The van der Waals surface area contributed by atoms with Gasteiger partial charge in [0.2, 0.25) is 5.95 Å². The van der Waals surface area contributed by atoms with Gasteiger partial charge < -0.3 is 15.7 Å². The number of nitrogens with one attached hydrogen (secondary N) is 2. The first kappa shape index (κ1) is 18.6. The Morgan fingerprint density at radius 3 is 2.54 bits per heavy atom. The molecule has 1 heterocycles. The molecule has 1 aromatic heterocycles. The molecule has 2 rings (SSSR count). The van der Waals surface area contributed by atoms with Crippen molar-refractivity contribution in [2.75, 3.05) is 23.8 Å². The average molecular weight is 381 g/mol. The molecule has 0 saturated carbocycles. The number of anilines is 3. The highest BCUT2D eigenvalue weighted by molar-refractivity contribution is 6.42. The number of aromatic nitrogens is 2. The highest BCUT2D eigenvalue weighted by Crippen LogP contribution is 2.34. The molecule has 0 unspecified atom stereocenters. The first-order chi connectivity index (χ1) is 11.3. The molecule has 0 atom stereocenters. The van der Waals surface area contributed by atoms with Crippen LogP contribution in [0.4, 0.5) is 30.6 Å². The Morgan fingerprint density at radius 1 is 1.17 bits per heavy atom. The molecular weight excluding hydrogens is 368 g/mol. The van der Waals surface area contributed by atoms with Gasteiger partial charge in [0.25, 0.3) is 0 Å². The van der Waals surface area contributed by atoms with Gasteiger partial charge in [0.15, 0.2) is 0 Å². The SMILES string of the molecule is OCCCNc1nc(Nc2ccc(Cl)c(Cl)c2)ncc1C(F)(F)F. The van der Waals surface area contributed by atoms with Crippen LogP contribution in [0.25, 0.3) is 0 Å². The largest absolute Gasteiger partial charge is 0.421 e. The van der Waals surface area contributed by atoms with Gasteiger partial charge in [0.05, 0.1) is 10.0 Å². The predicted octanol–water partition coefficient (Wildman–Crippen LogP) is 4.34. The van der Waals surface area contributed by atoms with E-state index >= 15 is 0 Å². The number of hydrogen-bond acceptors (Lipinski definition) is 5. The van der Waals surface area contributed by atoms with E-state index in [0.717, 1.165) is 0 Å². The van der Waals surface area contributed by atoms with Crippen LogP contribution in [0.3, 0.4) is 0 Å². The molecule has 0 saturated heterocycles. The van der Waals surface area contributed by atoms with E-state index in [2.05, 4.69) is 20.6 Å².